The van der Waals surface area contributed by atoms with Crippen LogP contribution in [0.5, 0.6) is 11.5 Å². The lowest BCUT2D eigenvalue weighted by Gasteiger charge is -2.47. The monoisotopic (exact) mass is 546 g/mol. The first kappa shape index (κ1) is 29.3. The third-order valence-corrected chi connectivity index (χ3v) is 8.44. The normalized spacial score (nSPS) is 21.3. The van der Waals surface area contributed by atoms with Crippen LogP contribution in [0.15, 0.2) is 24.0 Å². The molecule has 208 valence electrons. The summed E-state index contributed by atoms with van der Waals surface area (Å²) in [6.45, 7) is 11.5. The molecule has 1 aromatic rings. The van der Waals surface area contributed by atoms with Crippen molar-refractivity contribution in [2.45, 2.75) is 109 Å². The zero-order valence-corrected chi connectivity index (χ0v) is 23.1. The van der Waals surface area contributed by atoms with E-state index in [0.717, 1.165) is 37.7 Å². The van der Waals surface area contributed by atoms with Gasteiger partial charge in [0.1, 0.15) is 22.9 Å². The third kappa shape index (κ3) is 6.44. The summed E-state index contributed by atoms with van der Waals surface area (Å²) < 4.78 is 78.8. The van der Waals surface area contributed by atoms with Gasteiger partial charge in [-0.05, 0) is 55.9 Å². The molecular weight excluding hydrogens is 509 g/mol. The van der Waals surface area contributed by atoms with Crippen molar-refractivity contribution < 1.29 is 40.0 Å². The van der Waals surface area contributed by atoms with E-state index in [1.165, 1.54) is 13.0 Å². The number of hydrogen-bond acceptors (Lipinski definition) is 6. The van der Waals surface area contributed by atoms with Crippen molar-refractivity contribution >= 4 is 16.1 Å². The van der Waals surface area contributed by atoms with E-state index in [1.807, 2.05) is 26.0 Å². The highest BCUT2D eigenvalue weighted by molar-refractivity contribution is 7.87. The molecule has 3 rings (SSSR count). The van der Waals surface area contributed by atoms with Crippen LogP contribution in [0.4, 0.5) is 13.2 Å². The Kier molecular flexibility index (Phi) is 8.32. The number of carbonyl (C=O) groups is 1. The highest BCUT2D eigenvalue weighted by atomic mass is 32.2. The maximum atomic E-state index is 13.0. The van der Waals surface area contributed by atoms with Gasteiger partial charge in [0.15, 0.2) is 0 Å². The number of fused-ring (bicyclic) bond motifs is 3. The van der Waals surface area contributed by atoms with Crippen LogP contribution in [0.25, 0.3) is 0 Å². The summed E-state index contributed by atoms with van der Waals surface area (Å²) in [5, 5.41) is 0. The lowest BCUT2D eigenvalue weighted by molar-refractivity contribution is -0.132. The third-order valence-electron chi connectivity index (χ3n) is 7.44. The van der Waals surface area contributed by atoms with Crippen molar-refractivity contribution in [2.24, 2.45) is 5.92 Å². The van der Waals surface area contributed by atoms with E-state index < -0.39 is 33.1 Å². The fourth-order valence-electron chi connectivity index (χ4n) is 5.37. The minimum absolute atomic E-state index is 0.103. The number of ether oxygens (including phenoxy) is 2. The Bertz CT molecular complexity index is 1150. The van der Waals surface area contributed by atoms with Gasteiger partial charge in [0.25, 0.3) is 0 Å². The molecule has 37 heavy (non-hydrogen) atoms. The van der Waals surface area contributed by atoms with Crippen molar-refractivity contribution in [3.05, 3.63) is 35.1 Å². The maximum Gasteiger partial charge on any atom is 0.534 e. The van der Waals surface area contributed by atoms with Crippen LogP contribution < -0.4 is 9.47 Å². The van der Waals surface area contributed by atoms with Crippen molar-refractivity contribution in [3.8, 4) is 11.5 Å². The first-order valence-electron chi connectivity index (χ1n) is 12.7. The fourth-order valence-corrected chi connectivity index (χ4v) is 5.88. The van der Waals surface area contributed by atoms with E-state index in [2.05, 4.69) is 25.0 Å². The lowest BCUT2D eigenvalue weighted by atomic mass is 9.67. The molecule has 0 saturated heterocycles. The highest BCUT2D eigenvalue weighted by Gasteiger charge is 2.51. The summed E-state index contributed by atoms with van der Waals surface area (Å²) in [4.78, 5) is 12.1. The summed E-state index contributed by atoms with van der Waals surface area (Å²) in [5.74, 6) is -0.727. The van der Waals surface area contributed by atoms with Crippen LogP contribution in [0, 0.1) is 5.92 Å². The van der Waals surface area contributed by atoms with Crippen LogP contribution in [0.1, 0.15) is 104 Å². The fraction of sp³-hybridized carbons (Fsp3) is 0.667. The molecule has 10 heteroatoms. The molecule has 6 nitrogen and oxygen atoms in total. The zero-order chi connectivity index (χ0) is 27.8. The Balaban J connectivity index is 2.04. The Morgan fingerprint density at radius 3 is 2.43 bits per heavy atom. The molecule has 0 aromatic heterocycles. The Morgan fingerprint density at radius 1 is 1.16 bits per heavy atom. The number of rotatable bonds is 9. The molecule has 0 spiro atoms. The van der Waals surface area contributed by atoms with E-state index in [1.54, 1.807) is 0 Å². The van der Waals surface area contributed by atoms with Crippen molar-refractivity contribution in [2.75, 3.05) is 0 Å². The van der Waals surface area contributed by atoms with Crippen LogP contribution in [-0.4, -0.2) is 25.5 Å². The van der Waals surface area contributed by atoms with Gasteiger partial charge in [-0.15, -0.1) is 0 Å². The molecule has 2 aliphatic rings. The van der Waals surface area contributed by atoms with E-state index in [4.69, 9.17) is 9.47 Å². The summed E-state index contributed by atoms with van der Waals surface area (Å²) in [5.41, 5.74) is -5.01. The number of unbranched alkanes of at least 4 members (excludes halogenated alkanes) is 3. The summed E-state index contributed by atoms with van der Waals surface area (Å²) in [6, 6.07) is 3.73. The lowest BCUT2D eigenvalue weighted by Crippen LogP contribution is -2.46. The average Bonchev–Trinajstić information content (AvgIpc) is 2.74. The van der Waals surface area contributed by atoms with E-state index in [-0.39, 0.29) is 35.7 Å². The number of halogens is 3. The number of alkyl halides is 3. The van der Waals surface area contributed by atoms with Gasteiger partial charge in [-0.3, -0.25) is 4.79 Å². The number of carbonyl (C=O) groups excluding carboxylic acids is 1. The van der Waals surface area contributed by atoms with Crippen molar-refractivity contribution in [1.82, 2.24) is 0 Å². The quantitative estimate of drug-likeness (QED) is 0.107. The average molecular weight is 547 g/mol. The van der Waals surface area contributed by atoms with Gasteiger partial charge in [0.2, 0.25) is 0 Å². The van der Waals surface area contributed by atoms with Gasteiger partial charge in [-0.2, -0.15) is 21.6 Å². The Labute approximate surface area is 217 Å². The predicted octanol–water partition coefficient (Wildman–Crippen LogP) is 7.27. The zero-order valence-electron chi connectivity index (χ0n) is 22.3. The van der Waals surface area contributed by atoms with E-state index in [9.17, 15) is 26.4 Å². The summed E-state index contributed by atoms with van der Waals surface area (Å²) in [6.07, 6.45) is 6.86. The number of esters is 1. The van der Waals surface area contributed by atoms with Gasteiger partial charge >= 0.3 is 21.6 Å². The molecule has 1 aliphatic heterocycles. The minimum Gasteiger partial charge on any atom is -0.487 e. The molecule has 1 heterocycles. The minimum atomic E-state index is -5.79. The van der Waals surface area contributed by atoms with E-state index in [0.29, 0.717) is 11.3 Å². The van der Waals surface area contributed by atoms with Gasteiger partial charge in [0, 0.05) is 30.7 Å². The summed E-state index contributed by atoms with van der Waals surface area (Å²) >= 11 is 0. The van der Waals surface area contributed by atoms with Crippen molar-refractivity contribution in [3.63, 3.8) is 0 Å². The van der Waals surface area contributed by atoms with Gasteiger partial charge in [-0.25, -0.2) is 0 Å². The SMILES string of the molecule is CCCCCCC(C)(C)c1cc(OC(C)=O)c2c(c1)OC(C)(C)[C@@H]1CC=C(OS(=O)(=O)C(F)(F)F)C[C@@H]21. The molecule has 0 unspecified atom stereocenters. The number of allylic oxidation sites excluding steroid dienone is 2. The first-order valence-corrected chi connectivity index (χ1v) is 14.1. The Hall–Kier alpha value is -2.23. The molecule has 0 saturated carbocycles. The van der Waals surface area contributed by atoms with Crippen LogP contribution in [0.2, 0.25) is 0 Å². The molecule has 0 radical (unpaired) electrons. The molecule has 0 bridgehead atoms. The Morgan fingerprint density at radius 2 is 1.84 bits per heavy atom. The molecule has 2 atom stereocenters. The molecule has 0 fully saturated rings. The first-order chi connectivity index (χ1) is 17.0. The van der Waals surface area contributed by atoms with Gasteiger partial charge in [-0.1, -0.05) is 46.5 Å². The predicted molar refractivity (Wildman–Crippen MR) is 134 cm³/mol. The highest BCUT2D eigenvalue weighted by Crippen LogP contribution is 2.55. The topological polar surface area (TPSA) is 78.9 Å². The number of hydrogen-bond donors (Lipinski definition) is 0. The molecule has 0 N–H and O–H groups in total. The second kappa shape index (κ2) is 10.5. The second-order valence-corrected chi connectivity index (χ2v) is 12.7. The standard InChI is InChI=1S/C27H37F3O6S/c1-7-8-9-10-13-25(3,4)18-14-22(34-17(2)31)24-20-16-19(36-37(32,33)27(28,29)30)11-12-21(20)26(5,6)35-23(24)15-18/h11,14-15,20-21H,7-10,12-13,16H2,1-6H3/t20-,21-/m1/s1. The van der Waals surface area contributed by atoms with E-state index >= 15 is 0 Å². The molecule has 1 aromatic carbocycles. The number of benzene rings is 1. The molecular formula is C27H37F3O6S. The van der Waals surface area contributed by atoms with Crippen LogP contribution >= 0.6 is 0 Å². The molecule has 0 amide bonds. The van der Waals surface area contributed by atoms with Gasteiger partial charge < -0.3 is 13.7 Å². The van der Waals surface area contributed by atoms with Crippen LogP contribution in [-0.2, 0) is 24.5 Å². The smallest absolute Gasteiger partial charge is 0.487 e. The van der Waals surface area contributed by atoms with Gasteiger partial charge in [0.05, 0.1) is 0 Å². The van der Waals surface area contributed by atoms with Crippen LogP contribution in [0.3, 0.4) is 0 Å². The largest absolute Gasteiger partial charge is 0.534 e. The molecule has 1 aliphatic carbocycles. The summed E-state index contributed by atoms with van der Waals surface area (Å²) in [7, 11) is -5.79. The maximum absolute atomic E-state index is 13.0. The second-order valence-electron chi connectivity index (χ2n) is 11.2. The van der Waals surface area contributed by atoms with Crippen molar-refractivity contribution in [1.29, 1.82) is 0 Å².